The Kier molecular flexibility index (Phi) is 5.73. The van der Waals surface area contributed by atoms with E-state index in [0.717, 1.165) is 43.2 Å². The minimum Gasteiger partial charge on any atom is -0.497 e. The summed E-state index contributed by atoms with van der Waals surface area (Å²) in [5.41, 5.74) is 2.51. The van der Waals surface area contributed by atoms with Gasteiger partial charge >= 0.3 is 0 Å². The van der Waals surface area contributed by atoms with Gasteiger partial charge in [-0.3, -0.25) is 9.69 Å². The Morgan fingerprint density at radius 3 is 2.65 bits per heavy atom. The van der Waals surface area contributed by atoms with E-state index >= 15 is 0 Å². The molecule has 0 unspecified atom stereocenters. The van der Waals surface area contributed by atoms with Crippen molar-refractivity contribution in [2.75, 3.05) is 50.1 Å². The van der Waals surface area contributed by atoms with Crippen LogP contribution in [0, 0.1) is 12.7 Å². The lowest BCUT2D eigenvalue weighted by molar-refractivity contribution is -0.117. The Hall–Kier alpha value is -2.60. The number of hydrogen-bond donors (Lipinski definition) is 1. The number of carbonyl (C=O) groups excluding carboxylic acids is 1. The van der Waals surface area contributed by atoms with Crippen LogP contribution in [0.1, 0.15) is 5.56 Å². The third-order valence-electron chi connectivity index (χ3n) is 4.63. The van der Waals surface area contributed by atoms with Gasteiger partial charge in [-0.05, 0) is 36.8 Å². The number of ether oxygens (including phenoxy) is 1. The molecule has 2 aromatic carbocycles. The van der Waals surface area contributed by atoms with Crippen molar-refractivity contribution in [2.45, 2.75) is 6.92 Å². The summed E-state index contributed by atoms with van der Waals surface area (Å²) in [5.74, 6) is 0.376. The van der Waals surface area contributed by atoms with Crippen molar-refractivity contribution in [3.8, 4) is 5.75 Å². The Morgan fingerprint density at radius 1 is 1.15 bits per heavy atom. The van der Waals surface area contributed by atoms with Crippen molar-refractivity contribution in [3.63, 3.8) is 0 Å². The molecule has 0 aliphatic carbocycles. The molecule has 1 fully saturated rings. The number of nitrogens with one attached hydrogen (secondary N) is 1. The maximum atomic E-state index is 13.3. The molecule has 3 rings (SSSR count). The van der Waals surface area contributed by atoms with Crippen molar-refractivity contribution < 1.29 is 13.9 Å². The molecule has 5 nitrogen and oxygen atoms in total. The summed E-state index contributed by atoms with van der Waals surface area (Å²) < 4.78 is 18.6. The lowest BCUT2D eigenvalue weighted by Crippen LogP contribution is -2.48. The summed E-state index contributed by atoms with van der Waals surface area (Å²) >= 11 is 0. The van der Waals surface area contributed by atoms with Gasteiger partial charge in [0.2, 0.25) is 5.91 Å². The van der Waals surface area contributed by atoms with Crippen LogP contribution < -0.4 is 15.0 Å². The first-order valence-electron chi connectivity index (χ1n) is 8.72. The summed E-state index contributed by atoms with van der Waals surface area (Å²) in [6.07, 6.45) is 0. The van der Waals surface area contributed by atoms with Gasteiger partial charge in [0.25, 0.3) is 0 Å². The smallest absolute Gasteiger partial charge is 0.238 e. The molecule has 1 heterocycles. The van der Waals surface area contributed by atoms with Gasteiger partial charge < -0.3 is 15.0 Å². The predicted octanol–water partition coefficient (Wildman–Crippen LogP) is 2.90. The Bertz CT molecular complexity index is 773. The van der Waals surface area contributed by atoms with Gasteiger partial charge in [-0.25, -0.2) is 4.39 Å². The number of benzene rings is 2. The maximum absolute atomic E-state index is 13.3. The van der Waals surface area contributed by atoms with Crippen LogP contribution in [0.15, 0.2) is 42.5 Å². The number of amides is 1. The van der Waals surface area contributed by atoms with Gasteiger partial charge in [0.05, 0.1) is 13.7 Å². The van der Waals surface area contributed by atoms with Crippen LogP contribution >= 0.6 is 0 Å². The lowest BCUT2D eigenvalue weighted by atomic mass is 10.2. The van der Waals surface area contributed by atoms with Gasteiger partial charge in [0.15, 0.2) is 0 Å². The highest BCUT2D eigenvalue weighted by atomic mass is 19.1. The molecule has 1 N–H and O–H groups in total. The molecule has 0 bridgehead atoms. The molecular formula is C20H24FN3O2. The summed E-state index contributed by atoms with van der Waals surface area (Å²) in [6.45, 7) is 5.45. The van der Waals surface area contributed by atoms with Crippen molar-refractivity contribution >= 4 is 17.3 Å². The Balaban J connectivity index is 1.52. The highest BCUT2D eigenvalue weighted by molar-refractivity contribution is 5.93. The molecule has 1 aliphatic rings. The van der Waals surface area contributed by atoms with Gasteiger partial charge in [-0.2, -0.15) is 0 Å². The SMILES string of the molecule is COc1cccc(N2CCN(CC(=O)Nc3cc(F)ccc3C)CC2)c1. The first kappa shape index (κ1) is 18.2. The Morgan fingerprint density at radius 2 is 1.92 bits per heavy atom. The van der Waals surface area contributed by atoms with E-state index in [-0.39, 0.29) is 11.7 Å². The average Bonchev–Trinajstić information content (AvgIpc) is 2.65. The van der Waals surface area contributed by atoms with E-state index in [0.29, 0.717) is 12.2 Å². The van der Waals surface area contributed by atoms with E-state index in [1.54, 1.807) is 13.2 Å². The molecule has 1 aliphatic heterocycles. The van der Waals surface area contributed by atoms with Crippen LogP contribution in [0.25, 0.3) is 0 Å². The molecule has 138 valence electrons. The number of methoxy groups -OCH3 is 1. The standard InChI is InChI=1S/C20H24FN3O2/c1-15-6-7-16(21)12-19(15)22-20(25)14-23-8-10-24(11-9-23)17-4-3-5-18(13-17)26-2/h3-7,12-13H,8-11,14H2,1-2H3,(H,22,25). The monoisotopic (exact) mass is 357 g/mol. The number of carbonyl (C=O) groups is 1. The molecule has 0 radical (unpaired) electrons. The molecule has 0 aromatic heterocycles. The molecule has 1 saturated heterocycles. The second-order valence-corrected chi connectivity index (χ2v) is 6.47. The van der Waals surface area contributed by atoms with Crippen LogP contribution in [0.3, 0.4) is 0 Å². The minimum atomic E-state index is -0.349. The second kappa shape index (κ2) is 8.19. The van der Waals surface area contributed by atoms with E-state index in [1.807, 2.05) is 25.1 Å². The third-order valence-corrected chi connectivity index (χ3v) is 4.63. The van der Waals surface area contributed by atoms with Crippen LogP contribution in [-0.2, 0) is 4.79 Å². The number of anilines is 2. The summed E-state index contributed by atoms with van der Waals surface area (Å²) in [6, 6.07) is 12.4. The molecule has 26 heavy (non-hydrogen) atoms. The zero-order valence-electron chi connectivity index (χ0n) is 15.2. The molecule has 0 saturated carbocycles. The highest BCUT2D eigenvalue weighted by Gasteiger charge is 2.19. The number of halogens is 1. The maximum Gasteiger partial charge on any atom is 0.238 e. The van der Waals surface area contributed by atoms with Gasteiger partial charge in [-0.15, -0.1) is 0 Å². The fourth-order valence-corrected chi connectivity index (χ4v) is 3.09. The van der Waals surface area contributed by atoms with Gasteiger partial charge in [0.1, 0.15) is 11.6 Å². The zero-order chi connectivity index (χ0) is 18.5. The van der Waals surface area contributed by atoms with Crippen LogP contribution in [0.5, 0.6) is 5.75 Å². The minimum absolute atomic E-state index is 0.117. The topological polar surface area (TPSA) is 44.8 Å². The molecular weight excluding hydrogens is 333 g/mol. The molecule has 1 amide bonds. The predicted molar refractivity (Wildman–Crippen MR) is 101 cm³/mol. The lowest BCUT2D eigenvalue weighted by Gasteiger charge is -2.35. The zero-order valence-corrected chi connectivity index (χ0v) is 15.2. The fourth-order valence-electron chi connectivity index (χ4n) is 3.09. The largest absolute Gasteiger partial charge is 0.497 e. The van der Waals surface area contributed by atoms with E-state index in [1.165, 1.54) is 12.1 Å². The average molecular weight is 357 g/mol. The number of nitrogens with zero attached hydrogens (tertiary/aromatic N) is 2. The summed E-state index contributed by atoms with van der Waals surface area (Å²) in [7, 11) is 1.66. The Labute approximate surface area is 153 Å². The van der Waals surface area contributed by atoms with Crippen molar-refractivity contribution in [1.29, 1.82) is 0 Å². The molecule has 2 aromatic rings. The first-order valence-corrected chi connectivity index (χ1v) is 8.72. The molecule has 0 atom stereocenters. The summed E-state index contributed by atoms with van der Waals surface area (Å²) in [5, 5.41) is 2.81. The van der Waals surface area contributed by atoms with E-state index in [9.17, 15) is 9.18 Å². The summed E-state index contributed by atoms with van der Waals surface area (Å²) in [4.78, 5) is 16.7. The highest BCUT2D eigenvalue weighted by Crippen LogP contribution is 2.22. The van der Waals surface area contributed by atoms with Crippen molar-refractivity contribution in [3.05, 3.63) is 53.8 Å². The fraction of sp³-hybridized carbons (Fsp3) is 0.350. The quantitative estimate of drug-likeness (QED) is 0.894. The van der Waals surface area contributed by atoms with E-state index < -0.39 is 0 Å². The van der Waals surface area contributed by atoms with Gasteiger partial charge in [-0.1, -0.05) is 12.1 Å². The normalized spacial score (nSPS) is 15.0. The van der Waals surface area contributed by atoms with Crippen LogP contribution in [0.2, 0.25) is 0 Å². The molecule has 6 heteroatoms. The van der Waals surface area contributed by atoms with E-state index in [2.05, 4.69) is 21.2 Å². The van der Waals surface area contributed by atoms with E-state index in [4.69, 9.17) is 4.74 Å². The number of hydrogen-bond acceptors (Lipinski definition) is 4. The first-order chi connectivity index (χ1) is 12.5. The van der Waals surface area contributed by atoms with Gasteiger partial charge in [0, 0.05) is 43.6 Å². The number of aryl methyl sites for hydroxylation is 1. The van der Waals surface area contributed by atoms with Crippen LogP contribution in [-0.4, -0.2) is 50.6 Å². The van der Waals surface area contributed by atoms with Crippen LogP contribution in [0.4, 0.5) is 15.8 Å². The number of piperazine rings is 1. The second-order valence-electron chi connectivity index (χ2n) is 6.47. The van der Waals surface area contributed by atoms with Crippen molar-refractivity contribution in [2.24, 2.45) is 0 Å². The number of rotatable bonds is 5. The third kappa shape index (κ3) is 4.52. The van der Waals surface area contributed by atoms with Crippen molar-refractivity contribution in [1.82, 2.24) is 4.90 Å². The molecule has 0 spiro atoms.